The Bertz CT molecular complexity index is 884. The highest BCUT2D eigenvalue weighted by molar-refractivity contribution is 7.98. The minimum atomic E-state index is -2.84. The Morgan fingerprint density at radius 1 is 1.12 bits per heavy atom. The van der Waals surface area contributed by atoms with Crippen molar-refractivity contribution < 1.29 is 13.5 Å². The van der Waals surface area contributed by atoms with E-state index >= 15 is 0 Å². The first kappa shape index (κ1) is 17.0. The van der Waals surface area contributed by atoms with Gasteiger partial charge >= 0.3 is 6.61 Å². The number of rotatable bonds is 7. The fraction of sp³-hybridized carbons (Fsp3) is 0.278. The number of halogens is 2. The lowest BCUT2D eigenvalue weighted by atomic mass is 10.2. The number of alkyl halides is 2. The second kappa shape index (κ2) is 7.41. The lowest BCUT2D eigenvalue weighted by molar-refractivity contribution is -0.0503. The average Bonchev–Trinajstić information content (AvgIpc) is 3.40. The number of aromatic nitrogens is 4. The van der Waals surface area contributed by atoms with Crippen LogP contribution in [-0.2, 0) is 5.75 Å². The highest BCUT2D eigenvalue weighted by atomic mass is 32.2. The summed E-state index contributed by atoms with van der Waals surface area (Å²) in [6, 6.07) is 11.0. The van der Waals surface area contributed by atoms with Crippen molar-refractivity contribution in [2.24, 2.45) is 0 Å². The van der Waals surface area contributed by atoms with E-state index in [-0.39, 0.29) is 5.75 Å². The quantitative estimate of drug-likeness (QED) is 0.567. The van der Waals surface area contributed by atoms with Gasteiger partial charge in [-0.05, 0) is 31.0 Å². The van der Waals surface area contributed by atoms with E-state index in [9.17, 15) is 8.78 Å². The van der Waals surface area contributed by atoms with Gasteiger partial charge in [-0.1, -0.05) is 30.0 Å². The summed E-state index contributed by atoms with van der Waals surface area (Å²) < 4.78 is 31.9. The van der Waals surface area contributed by atoms with E-state index < -0.39 is 6.61 Å². The molecule has 8 heteroatoms. The van der Waals surface area contributed by atoms with E-state index in [0.717, 1.165) is 29.4 Å². The van der Waals surface area contributed by atoms with Crippen LogP contribution < -0.4 is 4.74 Å². The first-order valence-corrected chi connectivity index (χ1v) is 9.22. The summed E-state index contributed by atoms with van der Waals surface area (Å²) in [7, 11) is 0. The molecule has 1 aliphatic carbocycles. The predicted octanol–water partition coefficient (Wildman–Crippen LogP) is 4.57. The molecule has 4 rings (SSSR count). The number of hydrogen-bond donors (Lipinski definition) is 0. The third kappa shape index (κ3) is 3.70. The Hall–Kier alpha value is -2.48. The van der Waals surface area contributed by atoms with Crippen molar-refractivity contribution in [3.63, 3.8) is 0 Å². The maximum atomic E-state index is 12.6. The molecule has 0 radical (unpaired) electrons. The highest BCUT2D eigenvalue weighted by Gasteiger charge is 2.30. The van der Waals surface area contributed by atoms with E-state index in [1.165, 1.54) is 11.8 Å². The largest absolute Gasteiger partial charge is 0.435 e. The van der Waals surface area contributed by atoms with Gasteiger partial charge in [0.2, 0.25) is 0 Å². The summed E-state index contributed by atoms with van der Waals surface area (Å²) in [6.07, 6.45) is 5.64. The summed E-state index contributed by atoms with van der Waals surface area (Å²) in [5.74, 6) is 1.49. The maximum Gasteiger partial charge on any atom is 0.387 e. The molecule has 0 unspecified atom stereocenters. The van der Waals surface area contributed by atoms with E-state index in [0.29, 0.717) is 17.4 Å². The smallest absolute Gasteiger partial charge is 0.387 e. The van der Waals surface area contributed by atoms with Gasteiger partial charge < -0.3 is 4.74 Å². The summed E-state index contributed by atoms with van der Waals surface area (Å²) in [6.45, 7) is -2.84. The molecule has 0 amide bonds. The fourth-order valence-corrected chi connectivity index (χ4v) is 3.71. The van der Waals surface area contributed by atoms with Crippen LogP contribution >= 0.6 is 11.8 Å². The summed E-state index contributed by atoms with van der Waals surface area (Å²) in [5, 5.41) is 9.45. The summed E-state index contributed by atoms with van der Waals surface area (Å²) in [4.78, 5) is 4.04. The molecular formula is C18H16F2N4OS. The molecule has 2 heterocycles. The van der Waals surface area contributed by atoms with Gasteiger partial charge in [0, 0.05) is 35.3 Å². The van der Waals surface area contributed by atoms with Crippen molar-refractivity contribution >= 4 is 11.8 Å². The molecule has 0 atom stereocenters. The lowest BCUT2D eigenvalue weighted by Gasteiger charge is -2.11. The van der Waals surface area contributed by atoms with Gasteiger partial charge in [0.1, 0.15) is 5.75 Å². The molecule has 2 aromatic heterocycles. The molecule has 0 saturated heterocycles. The first-order chi connectivity index (χ1) is 12.7. The van der Waals surface area contributed by atoms with Crippen LogP contribution in [-0.4, -0.2) is 26.4 Å². The monoisotopic (exact) mass is 374 g/mol. The van der Waals surface area contributed by atoms with Crippen LogP contribution in [0.2, 0.25) is 0 Å². The number of hydrogen-bond acceptors (Lipinski definition) is 5. The van der Waals surface area contributed by atoms with Crippen molar-refractivity contribution in [1.29, 1.82) is 0 Å². The van der Waals surface area contributed by atoms with Crippen molar-refractivity contribution in [2.75, 3.05) is 0 Å². The molecule has 26 heavy (non-hydrogen) atoms. The van der Waals surface area contributed by atoms with Crippen LogP contribution in [0.4, 0.5) is 8.78 Å². The minimum Gasteiger partial charge on any atom is -0.435 e. The molecule has 1 aromatic carbocycles. The molecule has 3 aromatic rings. The van der Waals surface area contributed by atoms with E-state index in [2.05, 4.69) is 24.5 Å². The van der Waals surface area contributed by atoms with Gasteiger partial charge in [-0.3, -0.25) is 9.55 Å². The zero-order valence-electron chi connectivity index (χ0n) is 13.8. The van der Waals surface area contributed by atoms with Crippen LogP contribution in [0.3, 0.4) is 0 Å². The Kier molecular flexibility index (Phi) is 4.83. The highest BCUT2D eigenvalue weighted by Crippen LogP contribution is 2.41. The van der Waals surface area contributed by atoms with Crippen LogP contribution in [0.25, 0.3) is 11.4 Å². The lowest BCUT2D eigenvalue weighted by Crippen LogP contribution is -2.04. The molecule has 0 spiro atoms. The average molecular weight is 374 g/mol. The van der Waals surface area contributed by atoms with Crippen molar-refractivity contribution in [1.82, 2.24) is 19.7 Å². The van der Waals surface area contributed by atoms with Crippen LogP contribution in [0.1, 0.15) is 24.4 Å². The number of ether oxygens (including phenoxy) is 1. The van der Waals surface area contributed by atoms with E-state index in [1.807, 2.05) is 18.2 Å². The SMILES string of the molecule is FC(F)Oc1ccccc1CSc1nnc(-c2ccncc2)n1C1CC1. The number of benzene rings is 1. The Morgan fingerprint density at radius 2 is 1.88 bits per heavy atom. The van der Waals surface area contributed by atoms with E-state index in [1.54, 1.807) is 30.6 Å². The Labute approximate surface area is 153 Å². The third-order valence-corrected chi connectivity index (χ3v) is 5.05. The number of para-hydroxylation sites is 1. The molecular weight excluding hydrogens is 358 g/mol. The maximum absolute atomic E-state index is 12.6. The van der Waals surface area contributed by atoms with Crippen molar-refractivity contribution in [2.45, 2.75) is 36.4 Å². The summed E-state index contributed by atoms with van der Waals surface area (Å²) >= 11 is 1.47. The van der Waals surface area contributed by atoms with E-state index in [4.69, 9.17) is 0 Å². The Morgan fingerprint density at radius 3 is 2.62 bits per heavy atom. The topological polar surface area (TPSA) is 52.8 Å². The van der Waals surface area contributed by atoms with Gasteiger partial charge in [-0.2, -0.15) is 8.78 Å². The third-order valence-electron chi connectivity index (χ3n) is 4.06. The molecule has 0 N–H and O–H groups in total. The second-order valence-corrected chi connectivity index (χ2v) is 6.86. The predicted molar refractivity (Wildman–Crippen MR) is 94.2 cm³/mol. The first-order valence-electron chi connectivity index (χ1n) is 8.23. The summed E-state index contributed by atoms with van der Waals surface area (Å²) in [5.41, 5.74) is 1.67. The molecule has 1 saturated carbocycles. The second-order valence-electron chi connectivity index (χ2n) is 5.92. The molecule has 0 aliphatic heterocycles. The fourth-order valence-electron chi connectivity index (χ4n) is 2.71. The zero-order chi connectivity index (χ0) is 17.9. The van der Waals surface area contributed by atoms with Crippen LogP contribution in [0.15, 0.2) is 53.9 Å². The minimum absolute atomic E-state index is 0.196. The molecule has 1 fully saturated rings. The van der Waals surface area contributed by atoms with Crippen molar-refractivity contribution in [3.8, 4) is 17.1 Å². The zero-order valence-corrected chi connectivity index (χ0v) is 14.6. The number of nitrogens with zero attached hydrogens (tertiary/aromatic N) is 4. The standard InChI is InChI=1S/C18H16F2N4OS/c19-17(20)25-15-4-2-1-3-13(15)11-26-18-23-22-16(24(18)14-5-6-14)12-7-9-21-10-8-12/h1-4,7-10,14,17H,5-6,11H2. The normalized spacial score (nSPS) is 14.0. The number of pyridine rings is 1. The molecule has 0 bridgehead atoms. The van der Waals surface area contributed by atoms with Gasteiger partial charge in [-0.25, -0.2) is 0 Å². The van der Waals surface area contributed by atoms with Crippen LogP contribution in [0, 0.1) is 0 Å². The number of thioether (sulfide) groups is 1. The van der Waals surface area contributed by atoms with Gasteiger partial charge in [0.05, 0.1) is 0 Å². The van der Waals surface area contributed by atoms with Crippen molar-refractivity contribution in [3.05, 3.63) is 54.4 Å². The van der Waals surface area contributed by atoms with Gasteiger partial charge in [0.25, 0.3) is 0 Å². The molecule has 134 valence electrons. The van der Waals surface area contributed by atoms with Gasteiger partial charge in [0.15, 0.2) is 11.0 Å². The molecule has 5 nitrogen and oxygen atoms in total. The Balaban J connectivity index is 1.57. The molecule has 1 aliphatic rings. The van der Waals surface area contributed by atoms with Gasteiger partial charge in [-0.15, -0.1) is 10.2 Å². The van der Waals surface area contributed by atoms with Crippen LogP contribution in [0.5, 0.6) is 5.75 Å².